The van der Waals surface area contributed by atoms with Crippen molar-refractivity contribution in [1.82, 2.24) is 0 Å². The van der Waals surface area contributed by atoms with Crippen LogP contribution in [0.1, 0.15) is 27.7 Å². The van der Waals surface area contributed by atoms with Crippen LogP contribution >= 0.6 is 0 Å². The third-order valence-electron chi connectivity index (χ3n) is 3.92. The number of aromatic nitrogens is 1. The molecule has 1 aromatic heterocycles. The number of hydrogen-bond acceptors (Lipinski definition) is 1. The van der Waals surface area contributed by atoms with Crippen LogP contribution in [0, 0.1) is 0 Å². The molecule has 2 heteroatoms. The van der Waals surface area contributed by atoms with Crippen LogP contribution in [-0.4, -0.2) is 0 Å². The first kappa shape index (κ1) is 14.6. The van der Waals surface area contributed by atoms with E-state index >= 15 is 0 Å². The average molecular weight is 292 g/mol. The van der Waals surface area contributed by atoms with Crippen LogP contribution in [0.3, 0.4) is 0 Å². The molecule has 2 heterocycles. The Kier molecular flexibility index (Phi) is 3.61. The third kappa shape index (κ3) is 2.25. The Morgan fingerprint density at radius 3 is 2.27 bits per heavy atom. The van der Waals surface area contributed by atoms with Crippen LogP contribution in [0.4, 0.5) is 0 Å². The minimum atomic E-state index is -0.381. The van der Waals surface area contributed by atoms with E-state index in [4.69, 9.17) is 4.74 Å². The van der Waals surface area contributed by atoms with Crippen LogP contribution in [0.2, 0.25) is 0 Å². The monoisotopic (exact) mass is 292 g/mol. The van der Waals surface area contributed by atoms with Crippen LogP contribution in [0.15, 0.2) is 60.8 Å². The summed E-state index contributed by atoms with van der Waals surface area (Å²) in [4.78, 5) is 0. The summed E-state index contributed by atoms with van der Waals surface area (Å²) in [6.07, 6.45) is 2.18. The van der Waals surface area contributed by atoms with Crippen LogP contribution in [0.5, 0.6) is 5.75 Å². The fourth-order valence-corrected chi connectivity index (χ4v) is 2.92. The Bertz CT molecular complexity index is 821. The van der Waals surface area contributed by atoms with Gasteiger partial charge in [0.15, 0.2) is 6.20 Å². The molecule has 0 atom stereocenters. The summed E-state index contributed by atoms with van der Waals surface area (Å²) in [5, 5.41) is 2.48. The zero-order chi connectivity index (χ0) is 15.7. The summed E-state index contributed by atoms with van der Waals surface area (Å²) in [5.41, 5.74) is 1.97. The van der Waals surface area contributed by atoms with E-state index in [9.17, 15) is 0 Å². The standard InChI is InChI=1S/C18H16NO.C2H6/c1-18(2)19-12-14-8-4-3-7-13(14)11-16(19)15-9-5-6-10-17(15)20-18;1-2/h3-12H,1-2H3;1-2H3/q+1;. The molecule has 0 aliphatic carbocycles. The van der Waals surface area contributed by atoms with Gasteiger partial charge < -0.3 is 4.74 Å². The Hall–Kier alpha value is -2.35. The number of pyridine rings is 1. The van der Waals surface area contributed by atoms with E-state index in [0.717, 1.165) is 11.3 Å². The third-order valence-corrected chi connectivity index (χ3v) is 3.92. The second-order valence-corrected chi connectivity index (χ2v) is 5.70. The maximum Gasteiger partial charge on any atom is 0.305 e. The van der Waals surface area contributed by atoms with Crippen molar-refractivity contribution in [2.24, 2.45) is 0 Å². The first-order chi connectivity index (χ1) is 10.6. The highest BCUT2D eigenvalue weighted by Gasteiger charge is 2.39. The SMILES string of the molecule is CC.CC1(C)Oc2ccccc2-c2cc3ccccc3c[n+]21. The van der Waals surface area contributed by atoms with Crippen LogP contribution < -0.4 is 9.30 Å². The molecular weight excluding hydrogens is 270 g/mol. The number of para-hydroxylation sites is 1. The first-order valence-corrected chi connectivity index (χ1v) is 7.88. The lowest BCUT2D eigenvalue weighted by molar-refractivity contribution is -0.785. The molecule has 0 unspecified atom stereocenters. The van der Waals surface area contributed by atoms with Gasteiger partial charge in [-0.15, -0.1) is 0 Å². The molecule has 1 aliphatic rings. The van der Waals surface area contributed by atoms with E-state index in [-0.39, 0.29) is 5.72 Å². The number of nitrogens with zero attached hydrogens (tertiary/aromatic N) is 1. The number of hydrogen-bond donors (Lipinski definition) is 0. The molecule has 0 saturated heterocycles. The number of ether oxygens (including phenoxy) is 1. The lowest BCUT2D eigenvalue weighted by atomic mass is 10.0. The summed E-state index contributed by atoms with van der Waals surface area (Å²) in [6, 6.07) is 18.9. The van der Waals surface area contributed by atoms with Crippen LogP contribution in [-0.2, 0) is 5.72 Å². The molecule has 0 bridgehead atoms. The predicted octanol–water partition coefficient (Wildman–Crippen LogP) is 4.91. The molecule has 3 aromatic rings. The largest absolute Gasteiger partial charge is 0.431 e. The normalized spacial score (nSPS) is 14.2. The van der Waals surface area contributed by atoms with Gasteiger partial charge in [-0.1, -0.05) is 44.2 Å². The highest BCUT2D eigenvalue weighted by Crippen LogP contribution is 2.36. The molecular formula is C20H22NO+. The molecule has 112 valence electrons. The van der Waals surface area contributed by atoms with Gasteiger partial charge in [-0.25, -0.2) is 0 Å². The summed E-state index contributed by atoms with van der Waals surface area (Å²) < 4.78 is 8.38. The fraction of sp³-hybridized carbons (Fsp3) is 0.250. The van der Waals surface area contributed by atoms with Gasteiger partial charge in [-0.3, -0.25) is 0 Å². The fourth-order valence-electron chi connectivity index (χ4n) is 2.92. The van der Waals surface area contributed by atoms with E-state index in [2.05, 4.69) is 67.1 Å². The maximum atomic E-state index is 6.16. The molecule has 0 N–H and O–H groups in total. The Labute approximate surface area is 132 Å². The maximum absolute atomic E-state index is 6.16. The minimum Gasteiger partial charge on any atom is -0.431 e. The smallest absolute Gasteiger partial charge is 0.305 e. The average Bonchev–Trinajstić information content (AvgIpc) is 2.55. The predicted molar refractivity (Wildman–Crippen MR) is 90.9 cm³/mol. The van der Waals surface area contributed by atoms with Crippen molar-refractivity contribution in [3.05, 3.63) is 60.8 Å². The van der Waals surface area contributed by atoms with E-state index < -0.39 is 0 Å². The second kappa shape index (κ2) is 5.45. The van der Waals surface area contributed by atoms with Gasteiger partial charge in [0.2, 0.25) is 5.69 Å². The van der Waals surface area contributed by atoms with Crippen molar-refractivity contribution in [2.45, 2.75) is 33.4 Å². The molecule has 0 spiro atoms. The molecule has 2 nitrogen and oxygen atoms in total. The summed E-state index contributed by atoms with van der Waals surface area (Å²) in [5.74, 6) is 0.952. The summed E-state index contributed by atoms with van der Waals surface area (Å²) >= 11 is 0. The van der Waals surface area contributed by atoms with Crippen molar-refractivity contribution >= 4 is 10.8 Å². The van der Waals surface area contributed by atoms with Crippen molar-refractivity contribution in [3.8, 4) is 17.0 Å². The van der Waals surface area contributed by atoms with Gasteiger partial charge in [-0.2, -0.15) is 4.57 Å². The Morgan fingerprint density at radius 1 is 0.864 bits per heavy atom. The van der Waals surface area contributed by atoms with Gasteiger partial charge in [0.25, 0.3) is 0 Å². The summed E-state index contributed by atoms with van der Waals surface area (Å²) in [7, 11) is 0. The molecule has 0 radical (unpaired) electrons. The van der Waals surface area contributed by atoms with Crippen molar-refractivity contribution in [3.63, 3.8) is 0 Å². The highest BCUT2D eigenvalue weighted by atomic mass is 16.5. The van der Waals surface area contributed by atoms with Crippen molar-refractivity contribution in [2.75, 3.05) is 0 Å². The minimum absolute atomic E-state index is 0.381. The van der Waals surface area contributed by atoms with Gasteiger partial charge in [0, 0.05) is 25.3 Å². The summed E-state index contributed by atoms with van der Waals surface area (Å²) in [6.45, 7) is 8.20. The van der Waals surface area contributed by atoms with Gasteiger partial charge in [-0.05, 0) is 23.6 Å². The molecule has 0 saturated carbocycles. The lowest BCUT2D eigenvalue weighted by Crippen LogP contribution is -2.59. The molecule has 4 rings (SSSR count). The number of fused-ring (bicyclic) bond motifs is 4. The topological polar surface area (TPSA) is 13.1 Å². The molecule has 0 amide bonds. The molecule has 1 aliphatic heterocycles. The lowest BCUT2D eigenvalue weighted by Gasteiger charge is -2.28. The highest BCUT2D eigenvalue weighted by molar-refractivity contribution is 5.84. The van der Waals surface area contributed by atoms with Crippen molar-refractivity contribution in [1.29, 1.82) is 0 Å². The van der Waals surface area contributed by atoms with Gasteiger partial charge in [0.1, 0.15) is 5.75 Å². The van der Waals surface area contributed by atoms with E-state index in [1.54, 1.807) is 0 Å². The second-order valence-electron chi connectivity index (χ2n) is 5.70. The molecule has 2 aromatic carbocycles. The number of rotatable bonds is 0. The van der Waals surface area contributed by atoms with E-state index in [1.807, 2.05) is 26.0 Å². The van der Waals surface area contributed by atoms with E-state index in [1.165, 1.54) is 16.5 Å². The zero-order valence-electron chi connectivity index (χ0n) is 13.6. The van der Waals surface area contributed by atoms with E-state index in [0.29, 0.717) is 0 Å². The molecule has 0 fully saturated rings. The number of benzene rings is 2. The zero-order valence-corrected chi connectivity index (χ0v) is 13.6. The Morgan fingerprint density at radius 2 is 1.50 bits per heavy atom. The van der Waals surface area contributed by atoms with Gasteiger partial charge in [0.05, 0.1) is 5.56 Å². The molecule has 22 heavy (non-hydrogen) atoms. The van der Waals surface area contributed by atoms with Crippen LogP contribution in [0.25, 0.3) is 22.0 Å². The quantitative estimate of drug-likeness (QED) is 0.537. The first-order valence-electron chi connectivity index (χ1n) is 7.88. The van der Waals surface area contributed by atoms with Crippen molar-refractivity contribution < 1.29 is 9.30 Å². The van der Waals surface area contributed by atoms with Gasteiger partial charge >= 0.3 is 5.72 Å². The Balaban J connectivity index is 0.000000693.